The van der Waals surface area contributed by atoms with Gasteiger partial charge in [0, 0.05) is 29.1 Å². The zero-order valence-corrected chi connectivity index (χ0v) is 19.3. The average Bonchev–Trinajstić information content (AvgIpc) is 3.40. The van der Waals surface area contributed by atoms with Gasteiger partial charge in [0.05, 0.1) is 23.4 Å². The van der Waals surface area contributed by atoms with Crippen molar-refractivity contribution in [1.82, 2.24) is 9.78 Å². The van der Waals surface area contributed by atoms with Crippen LogP contribution < -0.4 is 5.32 Å². The number of anilines is 1. The Labute approximate surface area is 206 Å². The summed E-state index contributed by atoms with van der Waals surface area (Å²) >= 11 is 0. The first-order valence-electron chi connectivity index (χ1n) is 11.3. The lowest BCUT2D eigenvalue weighted by atomic mass is 9.83. The summed E-state index contributed by atoms with van der Waals surface area (Å²) in [6, 6.07) is 19.9. The van der Waals surface area contributed by atoms with Crippen LogP contribution in [-0.4, -0.2) is 39.3 Å². The molecule has 36 heavy (non-hydrogen) atoms. The Bertz CT molecular complexity index is 1490. The Balaban J connectivity index is 1.28. The molecule has 1 heterocycles. The quantitative estimate of drug-likeness (QED) is 0.370. The lowest BCUT2D eigenvalue weighted by Crippen LogP contribution is -2.31. The molecule has 0 radical (unpaired) electrons. The third kappa shape index (κ3) is 4.32. The summed E-state index contributed by atoms with van der Waals surface area (Å²) in [6.07, 6.45) is 2.39. The summed E-state index contributed by atoms with van der Waals surface area (Å²) in [5, 5.41) is 6.79. The van der Waals surface area contributed by atoms with Crippen LogP contribution in [0, 0.1) is 0 Å². The zero-order chi connectivity index (χ0) is 25.2. The second-order valence-corrected chi connectivity index (χ2v) is 8.37. The number of aromatic nitrogens is 2. The fourth-order valence-electron chi connectivity index (χ4n) is 4.09. The molecule has 1 aliphatic carbocycles. The van der Waals surface area contributed by atoms with Crippen LogP contribution in [0.2, 0.25) is 0 Å². The molecule has 1 amide bonds. The Morgan fingerprint density at radius 2 is 1.58 bits per heavy atom. The number of benzene rings is 3. The van der Waals surface area contributed by atoms with Crippen molar-refractivity contribution in [3.63, 3.8) is 0 Å². The van der Waals surface area contributed by atoms with Crippen molar-refractivity contribution >= 4 is 29.1 Å². The minimum atomic E-state index is -1.14. The van der Waals surface area contributed by atoms with Crippen LogP contribution >= 0.6 is 0 Å². The standard InChI is InChI=1S/C28H21N3O5/c1-17(36-28(35)19-12-10-18(11-13-19)16-31-15-5-14-29-31)27(34)30-23-9-4-8-22-24(23)26(33)21-7-3-2-6-20(21)25(22)32/h2-15,17H,16H2,1H3,(H,30,34). The Morgan fingerprint density at radius 3 is 2.28 bits per heavy atom. The van der Waals surface area contributed by atoms with E-state index in [1.807, 2.05) is 12.3 Å². The van der Waals surface area contributed by atoms with E-state index in [0.717, 1.165) is 5.56 Å². The van der Waals surface area contributed by atoms with Crippen molar-refractivity contribution in [1.29, 1.82) is 0 Å². The Kier molecular flexibility index (Phi) is 6.00. The second kappa shape index (κ2) is 9.42. The number of hydrogen-bond acceptors (Lipinski definition) is 6. The molecular formula is C28H21N3O5. The van der Waals surface area contributed by atoms with Gasteiger partial charge in [-0.15, -0.1) is 0 Å². The van der Waals surface area contributed by atoms with Crippen LogP contribution in [0.5, 0.6) is 0 Å². The van der Waals surface area contributed by atoms with Crippen LogP contribution in [0.25, 0.3) is 0 Å². The molecule has 8 heteroatoms. The molecule has 5 rings (SSSR count). The van der Waals surface area contributed by atoms with Crippen molar-refractivity contribution in [3.05, 3.63) is 119 Å². The number of esters is 1. The van der Waals surface area contributed by atoms with Crippen LogP contribution in [0.4, 0.5) is 5.69 Å². The van der Waals surface area contributed by atoms with Gasteiger partial charge in [-0.05, 0) is 36.8 Å². The topological polar surface area (TPSA) is 107 Å². The predicted molar refractivity (Wildman–Crippen MR) is 131 cm³/mol. The van der Waals surface area contributed by atoms with Gasteiger partial charge < -0.3 is 10.1 Å². The molecule has 1 unspecified atom stereocenters. The molecule has 1 N–H and O–H groups in total. The number of ether oxygens (including phenoxy) is 1. The minimum absolute atomic E-state index is 0.126. The number of amides is 1. The third-order valence-electron chi connectivity index (χ3n) is 5.96. The van der Waals surface area contributed by atoms with Gasteiger partial charge in [0.15, 0.2) is 17.7 Å². The van der Waals surface area contributed by atoms with Gasteiger partial charge in [-0.2, -0.15) is 5.10 Å². The SMILES string of the molecule is CC(OC(=O)c1ccc(Cn2cccn2)cc1)C(=O)Nc1cccc2c1C(=O)c1ccccc1C2=O. The third-order valence-corrected chi connectivity index (χ3v) is 5.96. The van der Waals surface area contributed by atoms with E-state index in [4.69, 9.17) is 4.74 Å². The largest absolute Gasteiger partial charge is 0.449 e. The first-order valence-corrected chi connectivity index (χ1v) is 11.3. The molecule has 0 saturated carbocycles. The van der Waals surface area contributed by atoms with Gasteiger partial charge in [-0.25, -0.2) is 4.79 Å². The zero-order valence-electron chi connectivity index (χ0n) is 19.3. The van der Waals surface area contributed by atoms with E-state index in [1.165, 1.54) is 6.92 Å². The summed E-state index contributed by atoms with van der Waals surface area (Å²) in [6.45, 7) is 2.01. The molecule has 0 spiro atoms. The molecule has 0 fully saturated rings. The lowest BCUT2D eigenvalue weighted by molar-refractivity contribution is -0.123. The average molecular weight is 479 g/mol. The van der Waals surface area contributed by atoms with Crippen LogP contribution in [0.1, 0.15) is 54.7 Å². The number of fused-ring (bicyclic) bond motifs is 2. The Hall–Kier alpha value is -4.85. The number of nitrogens with one attached hydrogen (secondary N) is 1. The van der Waals surface area contributed by atoms with Crippen molar-refractivity contribution in [2.24, 2.45) is 0 Å². The summed E-state index contributed by atoms with van der Waals surface area (Å²) in [5.41, 5.74) is 2.40. The van der Waals surface area contributed by atoms with E-state index in [9.17, 15) is 19.2 Å². The first-order chi connectivity index (χ1) is 17.4. The fourth-order valence-corrected chi connectivity index (χ4v) is 4.09. The molecule has 1 atom stereocenters. The van der Waals surface area contributed by atoms with Crippen LogP contribution in [0.15, 0.2) is 85.2 Å². The van der Waals surface area contributed by atoms with Gasteiger partial charge in [-0.1, -0.05) is 48.5 Å². The summed E-state index contributed by atoms with van der Waals surface area (Å²) in [5.74, 6) is -1.91. The summed E-state index contributed by atoms with van der Waals surface area (Å²) in [7, 11) is 0. The fraction of sp³-hybridized carbons (Fsp3) is 0.107. The van der Waals surface area contributed by atoms with Crippen LogP contribution in [-0.2, 0) is 16.1 Å². The molecular weight excluding hydrogens is 458 g/mol. The minimum Gasteiger partial charge on any atom is -0.449 e. The van der Waals surface area contributed by atoms with Crippen molar-refractivity contribution in [2.45, 2.75) is 19.6 Å². The molecule has 0 aliphatic heterocycles. The molecule has 0 saturated heterocycles. The van der Waals surface area contributed by atoms with Crippen LogP contribution in [0.3, 0.4) is 0 Å². The normalized spacial score (nSPS) is 12.9. The maximum Gasteiger partial charge on any atom is 0.338 e. The first kappa shape index (κ1) is 22.9. The molecule has 3 aromatic carbocycles. The molecule has 1 aromatic heterocycles. The number of ketones is 2. The van der Waals surface area contributed by atoms with E-state index in [0.29, 0.717) is 17.7 Å². The summed E-state index contributed by atoms with van der Waals surface area (Å²) < 4.78 is 7.11. The van der Waals surface area contributed by atoms with Crippen molar-refractivity contribution in [2.75, 3.05) is 5.32 Å². The number of carbonyl (C=O) groups excluding carboxylic acids is 4. The van der Waals surface area contributed by atoms with E-state index in [2.05, 4.69) is 10.4 Å². The van der Waals surface area contributed by atoms with Crippen molar-refractivity contribution < 1.29 is 23.9 Å². The summed E-state index contributed by atoms with van der Waals surface area (Å²) in [4.78, 5) is 51.4. The number of carbonyl (C=O) groups is 4. The smallest absolute Gasteiger partial charge is 0.338 e. The van der Waals surface area contributed by atoms with E-state index in [1.54, 1.807) is 77.6 Å². The second-order valence-electron chi connectivity index (χ2n) is 8.37. The van der Waals surface area contributed by atoms with Crippen molar-refractivity contribution in [3.8, 4) is 0 Å². The number of hydrogen-bond donors (Lipinski definition) is 1. The van der Waals surface area contributed by atoms with Gasteiger partial charge >= 0.3 is 5.97 Å². The van der Waals surface area contributed by atoms with Gasteiger partial charge in [0.25, 0.3) is 5.91 Å². The molecule has 0 bridgehead atoms. The van der Waals surface area contributed by atoms with Gasteiger partial charge in [0.2, 0.25) is 0 Å². The molecule has 1 aliphatic rings. The highest BCUT2D eigenvalue weighted by atomic mass is 16.5. The maximum atomic E-state index is 13.1. The monoisotopic (exact) mass is 479 g/mol. The highest BCUT2D eigenvalue weighted by Crippen LogP contribution is 2.32. The van der Waals surface area contributed by atoms with Gasteiger partial charge in [-0.3, -0.25) is 19.1 Å². The van der Waals surface area contributed by atoms with E-state index >= 15 is 0 Å². The molecule has 8 nitrogen and oxygen atoms in total. The maximum absolute atomic E-state index is 13.1. The molecule has 178 valence electrons. The van der Waals surface area contributed by atoms with Gasteiger partial charge in [0.1, 0.15) is 0 Å². The number of nitrogens with zero attached hydrogens (tertiary/aromatic N) is 2. The molecule has 4 aromatic rings. The van der Waals surface area contributed by atoms with E-state index < -0.39 is 18.0 Å². The predicted octanol–water partition coefficient (Wildman–Crippen LogP) is 3.89. The lowest BCUT2D eigenvalue weighted by Gasteiger charge is -2.21. The Morgan fingerprint density at radius 1 is 0.889 bits per heavy atom. The van der Waals surface area contributed by atoms with E-state index in [-0.39, 0.29) is 33.9 Å². The number of rotatable bonds is 6. The highest BCUT2D eigenvalue weighted by Gasteiger charge is 2.32. The highest BCUT2D eigenvalue weighted by molar-refractivity contribution is 6.30.